The highest BCUT2D eigenvalue weighted by atomic mass is 32.2. The summed E-state index contributed by atoms with van der Waals surface area (Å²) in [5.41, 5.74) is 0.797. The Morgan fingerprint density at radius 2 is 1.46 bits per heavy atom. The van der Waals surface area contributed by atoms with Crippen molar-refractivity contribution in [2.24, 2.45) is 0 Å². The van der Waals surface area contributed by atoms with Crippen LogP contribution in [0.15, 0.2) is 77.7 Å². The number of nitrogens with one attached hydrogen (secondary N) is 1. The van der Waals surface area contributed by atoms with Crippen molar-refractivity contribution < 1.29 is 21.9 Å². The summed E-state index contributed by atoms with van der Waals surface area (Å²) in [7, 11) is -3.97. The van der Waals surface area contributed by atoms with E-state index >= 15 is 0 Å². The number of anilines is 1. The van der Waals surface area contributed by atoms with Crippen LogP contribution in [0.4, 0.5) is 14.5 Å². The van der Waals surface area contributed by atoms with Gasteiger partial charge < -0.3 is 4.74 Å². The van der Waals surface area contributed by atoms with Crippen LogP contribution in [0.25, 0.3) is 0 Å². The molecule has 0 unspecified atom stereocenters. The number of sulfonamides is 1. The first-order valence-corrected chi connectivity index (χ1v) is 9.16. The van der Waals surface area contributed by atoms with Crippen LogP contribution < -0.4 is 9.46 Å². The number of hydrogen-bond donors (Lipinski definition) is 1. The third-order valence-corrected chi connectivity index (χ3v) is 4.89. The van der Waals surface area contributed by atoms with Crippen molar-refractivity contribution in [3.05, 3.63) is 90.0 Å². The number of ether oxygens (including phenoxy) is 1. The summed E-state index contributed by atoms with van der Waals surface area (Å²) in [5, 5.41) is 0. The number of hydrogen-bond acceptors (Lipinski definition) is 3. The summed E-state index contributed by atoms with van der Waals surface area (Å²) in [5.74, 6) is -1.23. The topological polar surface area (TPSA) is 55.4 Å². The van der Waals surface area contributed by atoms with Crippen molar-refractivity contribution in [3.8, 4) is 5.75 Å². The highest BCUT2D eigenvalue weighted by Gasteiger charge is 2.15. The lowest BCUT2D eigenvalue weighted by Crippen LogP contribution is -2.13. The highest BCUT2D eigenvalue weighted by molar-refractivity contribution is 7.92. The molecule has 7 heteroatoms. The van der Waals surface area contributed by atoms with Crippen LogP contribution in [0.3, 0.4) is 0 Å². The SMILES string of the molecule is O=S(=O)(Nc1cc(F)cc(F)c1)c1ccc(OCc2ccccc2)cc1. The van der Waals surface area contributed by atoms with Gasteiger partial charge in [0.1, 0.15) is 24.0 Å². The second-order valence-electron chi connectivity index (χ2n) is 5.51. The Labute approximate surface area is 150 Å². The normalized spacial score (nSPS) is 11.2. The molecule has 0 saturated heterocycles. The molecule has 0 aliphatic heterocycles. The van der Waals surface area contributed by atoms with Gasteiger partial charge in [0.15, 0.2) is 0 Å². The lowest BCUT2D eigenvalue weighted by Gasteiger charge is -2.10. The first-order chi connectivity index (χ1) is 12.4. The van der Waals surface area contributed by atoms with Gasteiger partial charge in [-0.05, 0) is 42.0 Å². The van der Waals surface area contributed by atoms with E-state index in [2.05, 4.69) is 4.72 Å². The van der Waals surface area contributed by atoms with E-state index in [4.69, 9.17) is 4.74 Å². The van der Waals surface area contributed by atoms with Gasteiger partial charge >= 0.3 is 0 Å². The molecule has 0 amide bonds. The van der Waals surface area contributed by atoms with E-state index in [9.17, 15) is 17.2 Å². The number of benzene rings is 3. The van der Waals surface area contributed by atoms with Gasteiger partial charge in [-0.15, -0.1) is 0 Å². The summed E-state index contributed by atoms with van der Waals surface area (Å²) >= 11 is 0. The van der Waals surface area contributed by atoms with Crippen LogP contribution >= 0.6 is 0 Å². The molecule has 0 bridgehead atoms. The fourth-order valence-electron chi connectivity index (χ4n) is 2.28. The molecule has 0 aliphatic carbocycles. The molecule has 1 N–H and O–H groups in total. The van der Waals surface area contributed by atoms with Gasteiger partial charge in [0, 0.05) is 6.07 Å². The molecular formula is C19H15F2NO3S. The molecule has 0 spiro atoms. The molecule has 0 fully saturated rings. The van der Waals surface area contributed by atoms with E-state index in [1.807, 2.05) is 30.3 Å². The molecule has 0 aromatic heterocycles. The zero-order valence-electron chi connectivity index (χ0n) is 13.5. The van der Waals surface area contributed by atoms with Crippen LogP contribution in [0.1, 0.15) is 5.56 Å². The predicted octanol–water partition coefficient (Wildman–Crippen LogP) is 4.34. The van der Waals surface area contributed by atoms with Crippen molar-refractivity contribution in [3.63, 3.8) is 0 Å². The molecule has 0 heterocycles. The largest absolute Gasteiger partial charge is 0.489 e. The zero-order chi connectivity index (χ0) is 18.6. The summed E-state index contributed by atoms with van der Waals surface area (Å²) in [6.07, 6.45) is 0. The van der Waals surface area contributed by atoms with Crippen LogP contribution in [-0.4, -0.2) is 8.42 Å². The summed E-state index contributed by atoms with van der Waals surface area (Å²) < 4.78 is 58.8. The maximum atomic E-state index is 13.2. The third kappa shape index (κ3) is 4.58. The standard InChI is InChI=1S/C19H15F2NO3S/c20-15-10-16(21)12-17(11-15)22-26(23,24)19-8-6-18(7-9-19)25-13-14-4-2-1-3-5-14/h1-12,22H,13H2. The zero-order valence-corrected chi connectivity index (χ0v) is 14.3. The highest BCUT2D eigenvalue weighted by Crippen LogP contribution is 2.21. The van der Waals surface area contributed by atoms with E-state index in [1.54, 1.807) is 0 Å². The van der Waals surface area contributed by atoms with Crippen LogP contribution in [-0.2, 0) is 16.6 Å². The van der Waals surface area contributed by atoms with Crippen molar-refractivity contribution >= 4 is 15.7 Å². The molecule has 0 saturated carbocycles. The molecule has 0 radical (unpaired) electrons. The van der Waals surface area contributed by atoms with Gasteiger partial charge in [0.25, 0.3) is 10.0 Å². The Hall–Kier alpha value is -2.93. The van der Waals surface area contributed by atoms with Crippen LogP contribution in [0.5, 0.6) is 5.75 Å². The molecule has 0 atom stereocenters. The Balaban J connectivity index is 1.70. The first kappa shape index (κ1) is 17.9. The fraction of sp³-hybridized carbons (Fsp3) is 0.0526. The third-order valence-electron chi connectivity index (χ3n) is 3.50. The van der Waals surface area contributed by atoms with E-state index in [0.717, 1.165) is 17.7 Å². The molecule has 3 aromatic rings. The smallest absolute Gasteiger partial charge is 0.261 e. The Morgan fingerprint density at radius 1 is 0.846 bits per heavy atom. The molecular weight excluding hydrogens is 360 g/mol. The summed E-state index contributed by atoms with van der Waals surface area (Å²) in [4.78, 5) is -0.0470. The minimum atomic E-state index is -3.97. The van der Waals surface area contributed by atoms with Gasteiger partial charge in [0.05, 0.1) is 10.6 Å². The second-order valence-corrected chi connectivity index (χ2v) is 7.19. The number of halogens is 2. The van der Waals surface area contributed by atoms with Crippen molar-refractivity contribution in [2.45, 2.75) is 11.5 Å². The Morgan fingerprint density at radius 3 is 2.08 bits per heavy atom. The molecule has 4 nitrogen and oxygen atoms in total. The monoisotopic (exact) mass is 375 g/mol. The molecule has 0 aliphatic rings. The minimum Gasteiger partial charge on any atom is -0.489 e. The molecule has 3 rings (SSSR count). The summed E-state index contributed by atoms with van der Waals surface area (Å²) in [6, 6.07) is 17.8. The van der Waals surface area contributed by atoms with Crippen LogP contribution in [0.2, 0.25) is 0 Å². The van der Waals surface area contributed by atoms with Crippen molar-refractivity contribution in [1.82, 2.24) is 0 Å². The quantitative estimate of drug-likeness (QED) is 0.697. The maximum absolute atomic E-state index is 13.2. The second kappa shape index (κ2) is 7.53. The van der Waals surface area contributed by atoms with Crippen LogP contribution in [0, 0.1) is 11.6 Å². The van der Waals surface area contributed by atoms with Gasteiger partial charge in [-0.3, -0.25) is 4.72 Å². The number of rotatable bonds is 6. The average molecular weight is 375 g/mol. The van der Waals surface area contributed by atoms with E-state index in [0.29, 0.717) is 18.4 Å². The van der Waals surface area contributed by atoms with Crippen molar-refractivity contribution in [2.75, 3.05) is 4.72 Å². The first-order valence-electron chi connectivity index (χ1n) is 7.68. The van der Waals surface area contributed by atoms with Gasteiger partial charge in [-0.2, -0.15) is 0 Å². The van der Waals surface area contributed by atoms with E-state index in [-0.39, 0.29) is 10.6 Å². The van der Waals surface area contributed by atoms with Crippen molar-refractivity contribution in [1.29, 1.82) is 0 Å². The van der Waals surface area contributed by atoms with Gasteiger partial charge in [-0.25, -0.2) is 17.2 Å². The molecule has 134 valence electrons. The lowest BCUT2D eigenvalue weighted by molar-refractivity contribution is 0.306. The predicted molar refractivity (Wildman–Crippen MR) is 94.4 cm³/mol. The Kier molecular flexibility index (Phi) is 5.18. The Bertz CT molecular complexity index is 971. The van der Waals surface area contributed by atoms with E-state index in [1.165, 1.54) is 24.3 Å². The average Bonchev–Trinajstić information content (AvgIpc) is 2.60. The fourth-order valence-corrected chi connectivity index (χ4v) is 3.32. The summed E-state index contributed by atoms with van der Waals surface area (Å²) in [6.45, 7) is 0.355. The lowest BCUT2D eigenvalue weighted by atomic mass is 10.2. The molecule has 26 heavy (non-hydrogen) atoms. The maximum Gasteiger partial charge on any atom is 0.261 e. The van der Waals surface area contributed by atoms with E-state index < -0.39 is 21.7 Å². The van der Waals surface area contributed by atoms with Gasteiger partial charge in [-0.1, -0.05) is 30.3 Å². The minimum absolute atomic E-state index is 0.0470. The molecule has 3 aromatic carbocycles. The van der Waals surface area contributed by atoms with Gasteiger partial charge in [0.2, 0.25) is 0 Å².